The number of aryl methyl sites for hydroxylation is 1. The minimum atomic E-state index is -1.15. The summed E-state index contributed by atoms with van der Waals surface area (Å²) in [5.41, 5.74) is 2.11. The summed E-state index contributed by atoms with van der Waals surface area (Å²) in [6.07, 6.45) is 1.48. The van der Waals surface area contributed by atoms with Crippen LogP contribution in [0, 0.1) is 6.92 Å². The summed E-state index contributed by atoms with van der Waals surface area (Å²) in [7, 11) is 1.39. The lowest BCUT2D eigenvalue weighted by molar-refractivity contribution is -0.139. The van der Waals surface area contributed by atoms with E-state index < -0.39 is 36.2 Å². The van der Waals surface area contributed by atoms with Crippen LogP contribution in [0.15, 0.2) is 45.8 Å². The lowest BCUT2D eigenvalue weighted by atomic mass is 10.2. The molecule has 3 rings (SSSR count). The van der Waals surface area contributed by atoms with E-state index in [0.717, 1.165) is 22.2 Å². The topological polar surface area (TPSA) is 122 Å². The van der Waals surface area contributed by atoms with Gasteiger partial charge in [0.15, 0.2) is 18.1 Å². The molecule has 0 unspecified atom stereocenters. The van der Waals surface area contributed by atoms with E-state index in [4.69, 9.17) is 14.6 Å². The number of hydrogen-bond acceptors (Lipinski definition) is 7. The Morgan fingerprint density at radius 1 is 1.21 bits per heavy atom. The fourth-order valence-electron chi connectivity index (χ4n) is 2.87. The molecule has 11 heteroatoms. The molecule has 0 aromatic heterocycles. The summed E-state index contributed by atoms with van der Waals surface area (Å²) >= 11 is 4.01. The first kappa shape index (κ1) is 24.3. The standard InChI is InChI=1S/C22H19BrN2O7S/c1-12-3-5-14(6-4-12)24-18(26)10-25-21(29)17(33-22(25)30)9-13-7-15(23)20(16(8-13)31-2)32-11-19(27)28/h3-9H,10-11H2,1-2H3,(H,24,26)(H,27,28)/b17-9-. The number of ether oxygens (including phenoxy) is 2. The first-order valence-electron chi connectivity index (χ1n) is 9.52. The Labute approximate surface area is 201 Å². The quantitative estimate of drug-likeness (QED) is 0.488. The van der Waals surface area contributed by atoms with E-state index in [2.05, 4.69) is 21.2 Å². The van der Waals surface area contributed by atoms with Gasteiger partial charge in [-0.2, -0.15) is 0 Å². The average Bonchev–Trinajstić information content (AvgIpc) is 3.01. The van der Waals surface area contributed by atoms with Gasteiger partial charge in [0, 0.05) is 5.69 Å². The number of carboxylic acid groups (broad SMARTS) is 1. The molecule has 33 heavy (non-hydrogen) atoms. The van der Waals surface area contributed by atoms with Gasteiger partial charge in [-0.25, -0.2) is 4.79 Å². The molecule has 1 heterocycles. The Kier molecular flexibility index (Phi) is 7.77. The molecule has 2 aromatic carbocycles. The van der Waals surface area contributed by atoms with Gasteiger partial charge in [0.2, 0.25) is 5.91 Å². The number of thioether (sulfide) groups is 1. The van der Waals surface area contributed by atoms with Crippen molar-refractivity contribution in [2.24, 2.45) is 0 Å². The van der Waals surface area contributed by atoms with Gasteiger partial charge in [-0.1, -0.05) is 17.7 Å². The Bertz CT molecular complexity index is 1150. The molecule has 1 saturated heterocycles. The van der Waals surface area contributed by atoms with Crippen molar-refractivity contribution in [3.63, 3.8) is 0 Å². The normalized spacial score (nSPS) is 14.5. The molecule has 1 aliphatic rings. The maximum Gasteiger partial charge on any atom is 0.341 e. The van der Waals surface area contributed by atoms with Gasteiger partial charge >= 0.3 is 5.97 Å². The summed E-state index contributed by atoms with van der Waals surface area (Å²) in [6, 6.07) is 10.3. The van der Waals surface area contributed by atoms with Crippen LogP contribution in [0.1, 0.15) is 11.1 Å². The van der Waals surface area contributed by atoms with Crippen LogP contribution in [-0.2, 0) is 14.4 Å². The Morgan fingerprint density at radius 2 is 1.91 bits per heavy atom. The molecule has 2 N–H and O–H groups in total. The summed E-state index contributed by atoms with van der Waals surface area (Å²) < 4.78 is 10.9. The summed E-state index contributed by atoms with van der Waals surface area (Å²) in [4.78, 5) is 49.2. The van der Waals surface area contributed by atoms with E-state index >= 15 is 0 Å². The number of hydrogen-bond donors (Lipinski definition) is 2. The molecule has 9 nitrogen and oxygen atoms in total. The first-order chi connectivity index (χ1) is 15.7. The maximum atomic E-state index is 12.7. The molecule has 0 bridgehead atoms. The lowest BCUT2D eigenvalue weighted by Crippen LogP contribution is -2.36. The molecule has 172 valence electrons. The summed E-state index contributed by atoms with van der Waals surface area (Å²) in [5, 5.41) is 10.9. The van der Waals surface area contributed by atoms with Gasteiger partial charge in [-0.3, -0.25) is 19.3 Å². The number of benzene rings is 2. The monoisotopic (exact) mass is 534 g/mol. The lowest BCUT2D eigenvalue weighted by Gasteiger charge is -2.13. The Hall–Kier alpha value is -3.31. The van der Waals surface area contributed by atoms with Gasteiger partial charge in [-0.15, -0.1) is 0 Å². The van der Waals surface area contributed by atoms with Crippen LogP contribution in [0.4, 0.5) is 10.5 Å². The van der Waals surface area contributed by atoms with Crippen molar-refractivity contribution in [3.8, 4) is 11.5 Å². The van der Waals surface area contributed by atoms with Crippen LogP contribution >= 0.6 is 27.7 Å². The fourth-order valence-corrected chi connectivity index (χ4v) is 4.28. The molecule has 3 amide bonds. The predicted molar refractivity (Wildman–Crippen MR) is 126 cm³/mol. The molecular formula is C22H19BrN2O7S. The predicted octanol–water partition coefficient (Wildman–Crippen LogP) is 3.90. The third-order valence-corrected chi connectivity index (χ3v) is 5.90. The number of rotatable bonds is 8. The fraction of sp³-hybridized carbons (Fsp3) is 0.182. The smallest absolute Gasteiger partial charge is 0.341 e. The maximum absolute atomic E-state index is 12.7. The van der Waals surface area contributed by atoms with E-state index in [0.29, 0.717) is 15.7 Å². The summed E-state index contributed by atoms with van der Waals surface area (Å²) in [6.45, 7) is 0.950. The number of halogens is 1. The van der Waals surface area contributed by atoms with E-state index in [1.807, 2.05) is 19.1 Å². The molecule has 0 radical (unpaired) electrons. The van der Waals surface area contributed by atoms with Crippen LogP contribution in [-0.4, -0.2) is 53.3 Å². The highest BCUT2D eigenvalue weighted by Gasteiger charge is 2.36. The first-order valence-corrected chi connectivity index (χ1v) is 11.1. The number of carbonyl (C=O) groups excluding carboxylic acids is 3. The largest absolute Gasteiger partial charge is 0.493 e. The highest BCUT2D eigenvalue weighted by Crippen LogP contribution is 2.39. The van der Waals surface area contributed by atoms with Crippen molar-refractivity contribution < 1.29 is 33.8 Å². The molecule has 0 spiro atoms. The number of nitrogens with one attached hydrogen (secondary N) is 1. The number of carboxylic acids is 1. The summed E-state index contributed by atoms with van der Waals surface area (Å²) in [5.74, 6) is -1.79. The zero-order chi connectivity index (χ0) is 24.1. The zero-order valence-electron chi connectivity index (χ0n) is 17.6. The van der Waals surface area contributed by atoms with Crippen molar-refractivity contribution in [3.05, 3.63) is 56.9 Å². The Morgan fingerprint density at radius 3 is 2.55 bits per heavy atom. The number of methoxy groups -OCH3 is 1. The number of carbonyl (C=O) groups is 4. The number of amides is 3. The number of imide groups is 1. The van der Waals surface area contributed by atoms with Crippen LogP contribution in [0.5, 0.6) is 11.5 Å². The SMILES string of the molecule is COc1cc(/C=C2\SC(=O)N(CC(=O)Nc3ccc(C)cc3)C2=O)cc(Br)c1OCC(=O)O. The minimum Gasteiger partial charge on any atom is -0.493 e. The third-order valence-electron chi connectivity index (χ3n) is 4.40. The van der Waals surface area contributed by atoms with Gasteiger partial charge in [-0.05, 0) is 70.5 Å². The second-order valence-corrected chi connectivity index (χ2v) is 8.75. The van der Waals surface area contributed by atoms with Crippen LogP contribution in [0.25, 0.3) is 6.08 Å². The van der Waals surface area contributed by atoms with Crippen molar-refractivity contribution in [1.29, 1.82) is 0 Å². The molecule has 0 aliphatic carbocycles. The van der Waals surface area contributed by atoms with E-state index in [-0.39, 0.29) is 16.4 Å². The average molecular weight is 535 g/mol. The molecular weight excluding hydrogens is 516 g/mol. The van der Waals surface area contributed by atoms with Crippen molar-refractivity contribution in [2.75, 3.05) is 25.6 Å². The minimum absolute atomic E-state index is 0.135. The van der Waals surface area contributed by atoms with Crippen LogP contribution < -0.4 is 14.8 Å². The highest BCUT2D eigenvalue weighted by atomic mass is 79.9. The van der Waals surface area contributed by atoms with E-state index in [1.165, 1.54) is 13.2 Å². The van der Waals surface area contributed by atoms with Crippen molar-refractivity contribution in [1.82, 2.24) is 4.90 Å². The second kappa shape index (κ2) is 10.5. The Balaban J connectivity index is 1.74. The molecule has 2 aromatic rings. The number of anilines is 1. The van der Waals surface area contributed by atoms with E-state index in [9.17, 15) is 19.2 Å². The van der Waals surface area contributed by atoms with Gasteiger partial charge in [0.1, 0.15) is 6.54 Å². The molecule has 1 fully saturated rings. The van der Waals surface area contributed by atoms with Crippen LogP contribution in [0.3, 0.4) is 0 Å². The highest BCUT2D eigenvalue weighted by molar-refractivity contribution is 9.10. The van der Waals surface area contributed by atoms with Gasteiger partial charge in [0.25, 0.3) is 11.1 Å². The second-order valence-electron chi connectivity index (χ2n) is 6.90. The third kappa shape index (κ3) is 6.14. The number of nitrogens with zero attached hydrogens (tertiary/aromatic N) is 1. The van der Waals surface area contributed by atoms with Gasteiger partial charge < -0.3 is 19.9 Å². The molecule has 1 aliphatic heterocycles. The molecule has 0 atom stereocenters. The zero-order valence-corrected chi connectivity index (χ0v) is 20.0. The van der Waals surface area contributed by atoms with E-state index in [1.54, 1.807) is 24.3 Å². The molecule has 0 saturated carbocycles. The van der Waals surface area contributed by atoms with Crippen LogP contribution in [0.2, 0.25) is 0 Å². The number of aliphatic carboxylic acids is 1. The van der Waals surface area contributed by atoms with Crippen molar-refractivity contribution >= 4 is 62.5 Å². The van der Waals surface area contributed by atoms with Gasteiger partial charge in [0.05, 0.1) is 16.5 Å². The van der Waals surface area contributed by atoms with Crippen molar-refractivity contribution in [2.45, 2.75) is 6.92 Å².